The van der Waals surface area contributed by atoms with Crippen LogP contribution in [-0.2, 0) is 14.8 Å². The number of halogens is 1. The first-order valence-electron chi connectivity index (χ1n) is 10.3. The molecule has 0 aliphatic carbocycles. The largest absolute Gasteiger partial charge is 0.359 e. The summed E-state index contributed by atoms with van der Waals surface area (Å²) in [6, 6.07) is 6.68. The van der Waals surface area contributed by atoms with Crippen LogP contribution in [0.5, 0.6) is 0 Å². The summed E-state index contributed by atoms with van der Waals surface area (Å²) in [6.45, 7) is 3.78. The van der Waals surface area contributed by atoms with Crippen molar-refractivity contribution in [2.75, 3.05) is 45.8 Å². The first-order valence-corrected chi connectivity index (χ1v) is 12.5. The number of amides is 1. The lowest BCUT2D eigenvalue weighted by Crippen LogP contribution is -2.64. The van der Waals surface area contributed by atoms with E-state index < -0.39 is 15.6 Å². The van der Waals surface area contributed by atoms with Crippen LogP contribution in [0.3, 0.4) is 0 Å². The summed E-state index contributed by atoms with van der Waals surface area (Å²) in [4.78, 5) is 18.0. The first-order chi connectivity index (χ1) is 14.4. The first kappa shape index (κ1) is 21.5. The van der Waals surface area contributed by atoms with Crippen LogP contribution in [-0.4, -0.2) is 79.8 Å². The van der Waals surface area contributed by atoms with E-state index in [-0.39, 0.29) is 10.8 Å². The predicted molar refractivity (Wildman–Crippen MR) is 119 cm³/mol. The molecule has 1 aromatic carbocycles. The minimum absolute atomic E-state index is 0.115. The molecular formula is C21H27BrN4O3S. The molecular weight excluding hydrogens is 468 g/mol. The molecule has 0 atom stereocenters. The molecule has 3 aliphatic rings. The van der Waals surface area contributed by atoms with E-state index in [0.29, 0.717) is 26.2 Å². The number of rotatable bonds is 4. The molecule has 3 aliphatic heterocycles. The molecule has 0 aromatic heterocycles. The molecule has 1 aromatic rings. The number of sulfonamides is 1. The lowest BCUT2D eigenvalue weighted by Gasteiger charge is -2.48. The fourth-order valence-electron chi connectivity index (χ4n) is 4.43. The molecule has 2 saturated heterocycles. The Balaban J connectivity index is 1.47. The molecule has 0 saturated carbocycles. The fourth-order valence-corrected chi connectivity index (χ4v) is 6.12. The third-order valence-electron chi connectivity index (χ3n) is 6.17. The van der Waals surface area contributed by atoms with E-state index in [9.17, 15) is 13.2 Å². The van der Waals surface area contributed by atoms with Crippen LogP contribution in [0.4, 0.5) is 0 Å². The standard InChI is InChI=1S/C21H27BrN4O3S/c22-18-4-6-19(7-5-18)30(28,29)26-16-14-24(15-17-26)20(27)21(8-10-23-11-9-21)25-12-2-1-3-13-25/h1-7,12,23H,8-11,13-17H2. The number of hydrogen-bond acceptors (Lipinski definition) is 5. The van der Waals surface area contributed by atoms with Gasteiger partial charge in [0, 0.05) is 43.4 Å². The normalized spacial score (nSPS) is 22.3. The van der Waals surface area contributed by atoms with Gasteiger partial charge in [-0.25, -0.2) is 8.42 Å². The minimum Gasteiger partial charge on any atom is -0.359 e. The SMILES string of the molecule is O=C(N1CCN(S(=O)(=O)c2ccc(Br)cc2)CC1)C1(N2C=CC=CC2)CCNCC1. The summed E-state index contributed by atoms with van der Waals surface area (Å²) in [5, 5.41) is 3.36. The summed E-state index contributed by atoms with van der Waals surface area (Å²) in [6.07, 6.45) is 9.56. The second-order valence-corrected chi connectivity index (χ2v) is 10.7. The molecule has 30 heavy (non-hydrogen) atoms. The van der Waals surface area contributed by atoms with Crippen molar-refractivity contribution in [3.8, 4) is 0 Å². The summed E-state index contributed by atoms with van der Waals surface area (Å²) >= 11 is 3.34. The Hall–Kier alpha value is -1.68. The maximum atomic E-state index is 13.7. The predicted octanol–water partition coefficient (Wildman–Crippen LogP) is 1.79. The Labute approximate surface area is 186 Å². The van der Waals surface area contributed by atoms with Crippen LogP contribution in [0.1, 0.15) is 12.8 Å². The monoisotopic (exact) mass is 494 g/mol. The fraction of sp³-hybridized carbons (Fsp3) is 0.476. The van der Waals surface area contributed by atoms with E-state index >= 15 is 0 Å². The third-order valence-corrected chi connectivity index (χ3v) is 8.61. The maximum Gasteiger partial charge on any atom is 0.248 e. The number of allylic oxidation sites excluding steroid dienone is 2. The number of hydrogen-bond donors (Lipinski definition) is 1. The summed E-state index contributed by atoms with van der Waals surface area (Å²) < 4.78 is 28.2. The average molecular weight is 495 g/mol. The Morgan fingerprint density at radius 3 is 2.27 bits per heavy atom. The highest BCUT2D eigenvalue weighted by Gasteiger charge is 2.46. The molecule has 0 radical (unpaired) electrons. The van der Waals surface area contributed by atoms with Gasteiger partial charge in [0.2, 0.25) is 15.9 Å². The van der Waals surface area contributed by atoms with Gasteiger partial charge < -0.3 is 15.1 Å². The Kier molecular flexibility index (Phi) is 6.34. The van der Waals surface area contributed by atoms with Crippen LogP contribution in [0.2, 0.25) is 0 Å². The average Bonchev–Trinajstić information content (AvgIpc) is 2.80. The van der Waals surface area contributed by atoms with Gasteiger partial charge in [-0.05, 0) is 56.3 Å². The van der Waals surface area contributed by atoms with Crippen LogP contribution < -0.4 is 5.32 Å². The molecule has 1 amide bonds. The summed E-state index contributed by atoms with van der Waals surface area (Å²) in [5.74, 6) is 0.115. The lowest BCUT2D eigenvalue weighted by molar-refractivity contribution is -0.146. The molecule has 0 spiro atoms. The number of piperazine rings is 1. The number of piperidine rings is 1. The molecule has 0 bridgehead atoms. The molecule has 9 heteroatoms. The highest BCUT2D eigenvalue weighted by atomic mass is 79.9. The number of nitrogens with one attached hydrogen (secondary N) is 1. The zero-order chi connectivity index (χ0) is 21.2. The molecule has 0 unspecified atom stereocenters. The van der Waals surface area contributed by atoms with Crippen molar-refractivity contribution in [1.82, 2.24) is 19.4 Å². The highest BCUT2D eigenvalue weighted by Crippen LogP contribution is 2.31. The number of carbonyl (C=O) groups is 1. The Morgan fingerprint density at radius 1 is 1.00 bits per heavy atom. The van der Waals surface area contributed by atoms with Gasteiger partial charge in [-0.3, -0.25) is 4.79 Å². The van der Waals surface area contributed by atoms with Gasteiger partial charge >= 0.3 is 0 Å². The third kappa shape index (κ3) is 4.08. The number of nitrogens with zero attached hydrogens (tertiary/aromatic N) is 3. The lowest BCUT2D eigenvalue weighted by atomic mass is 9.84. The second-order valence-electron chi connectivity index (χ2n) is 7.85. The zero-order valence-corrected chi connectivity index (χ0v) is 19.2. The van der Waals surface area contributed by atoms with E-state index in [1.54, 1.807) is 24.3 Å². The molecule has 1 N–H and O–H groups in total. The van der Waals surface area contributed by atoms with Crippen molar-refractivity contribution in [2.45, 2.75) is 23.3 Å². The van der Waals surface area contributed by atoms with Gasteiger partial charge in [0.15, 0.2) is 0 Å². The van der Waals surface area contributed by atoms with Gasteiger partial charge in [0.25, 0.3) is 0 Å². The Morgan fingerprint density at radius 2 is 1.67 bits per heavy atom. The quantitative estimate of drug-likeness (QED) is 0.690. The van der Waals surface area contributed by atoms with E-state index in [2.05, 4.69) is 32.2 Å². The van der Waals surface area contributed by atoms with Crippen LogP contribution >= 0.6 is 15.9 Å². The summed E-state index contributed by atoms with van der Waals surface area (Å²) in [7, 11) is -3.55. The van der Waals surface area contributed by atoms with Gasteiger partial charge in [0.05, 0.1) is 4.90 Å². The number of benzene rings is 1. The smallest absolute Gasteiger partial charge is 0.248 e. The number of carbonyl (C=O) groups excluding carboxylic acids is 1. The second kappa shape index (κ2) is 8.82. The summed E-state index contributed by atoms with van der Waals surface area (Å²) in [5.41, 5.74) is -0.556. The van der Waals surface area contributed by atoms with Crippen molar-refractivity contribution < 1.29 is 13.2 Å². The molecule has 3 heterocycles. The van der Waals surface area contributed by atoms with Crippen molar-refractivity contribution in [3.05, 3.63) is 53.2 Å². The topological polar surface area (TPSA) is 73.0 Å². The molecule has 4 rings (SSSR count). The van der Waals surface area contributed by atoms with Crippen LogP contribution in [0, 0.1) is 0 Å². The van der Waals surface area contributed by atoms with Crippen molar-refractivity contribution in [1.29, 1.82) is 0 Å². The van der Waals surface area contributed by atoms with Gasteiger partial charge in [0.1, 0.15) is 5.54 Å². The van der Waals surface area contributed by atoms with E-state index in [1.807, 2.05) is 23.3 Å². The van der Waals surface area contributed by atoms with Crippen molar-refractivity contribution >= 4 is 31.9 Å². The van der Waals surface area contributed by atoms with Crippen LogP contribution in [0.15, 0.2) is 58.1 Å². The highest BCUT2D eigenvalue weighted by molar-refractivity contribution is 9.10. The van der Waals surface area contributed by atoms with E-state index in [4.69, 9.17) is 0 Å². The van der Waals surface area contributed by atoms with Crippen molar-refractivity contribution in [2.24, 2.45) is 0 Å². The van der Waals surface area contributed by atoms with Crippen LogP contribution in [0.25, 0.3) is 0 Å². The van der Waals surface area contributed by atoms with Gasteiger partial charge in [-0.1, -0.05) is 28.1 Å². The maximum absolute atomic E-state index is 13.7. The van der Waals surface area contributed by atoms with E-state index in [0.717, 1.165) is 36.9 Å². The Bertz CT molecular complexity index is 932. The van der Waals surface area contributed by atoms with Gasteiger partial charge in [-0.2, -0.15) is 4.31 Å². The zero-order valence-electron chi connectivity index (χ0n) is 16.8. The molecule has 2 fully saturated rings. The molecule has 7 nitrogen and oxygen atoms in total. The van der Waals surface area contributed by atoms with Gasteiger partial charge in [-0.15, -0.1) is 0 Å². The molecule has 162 valence electrons. The minimum atomic E-state index is -3.55. The van der Waals surface area contributed by atoms with Crippen molar-refractivity contribution in [3.63, 3.8) is 0 Å². The van der Waals surface area contributed by atoms with E-state index in [1.165, 1.54) is 4.31 Å².